The van der Waals surface area contributed by atoms with Crippen LogP contribution in [0.4, 0.5) is 0 Å². The van der Waals surface area contributed by atoms with Crippen molar-refractivity contribution in [1.82, 2.24) is 15.1 Å². The number of nitrogens with one attached hydrogen (secondary N) is 1. The zero-order valence-electron chi connectivity index (χ0n) is 12.4. The van der Waals surface area contributed by atoms with Crippen LogP contribution in [0.15, 0.2) is 0 Å². The average Bonchev–Trinajstić information content (AvgIpc) is 3.13. The van der Waals surface area contributed by atoms with Gasteiger partial charge in [0, 0.05) is 12.6 Å². The lowest BCUT2D eigenvalue weighted by molar-refractivity contribution is 0.164. The van der Waals surface area contributed by atoms with Crippen molar-refractivity contribution in [3.63, 3.8) is 0 Å². The van der Waals surface area contributed by atoms with Crippen molar-refractivity contribution in [2.24, 2.45) is 5.92 Å². The molecule has 0 spiro atoms. The Labute approximate surface area is 118 Å². The van der Waals surface area contributed by atoms with Gasteiger partial charge in [-0.15, -0.1) is 0 Å². The van der Waals surface area contributed by atoms with E-state index in [-0.39, 0.29) is 0 Å². The van der Waals surface area contributed by atoms with Crippen LogP contribution in [0.3, 0.4) is 0 Å². The Morgan fingerprint density at radius 1 is 0.842 bits per heavy atom. The lowest BCUT2D eigenvalue weighted by Gasteiger charge is -2.33. The molecular weight excluding hydrogens is 234 g/mol. The molecule has 0 amide bonds. The Kier molecular flexibility index (Phi) is 5.14. The second-order valence-corrected chi connectivity index (χ2v) is 6.89. The number of hydrogen-bond donors (Lipinski definition) is 1. The fraction of sp³-hybridized carbons (Fsp3) is 1.00. The van der Waals surface area contributed by atoms with Gasteiger partial charge in [0.1, 0.15) is 0 Å². The molecule has 3 heteroatoms. The van der Waals surface area contributed by atoms with E-state index in [4.69, 9.17) is 0 Å². The molecule has 1 saturated carbocycles. The van der Waals surface area contributed by atoms with Gasteiger partial charge >= 0.3 is 0 Å². The van der Waals surface area contributed by atoms with Gasteiger partial charge in [-0.25, -0.2) is 0 Å². The van der Waals surface area contributed by atoms with Gasteiger partial charge in [0.2, 0.25) is 0 Å². The Balaban J connectivity index is 1.28. The standard InChI is InChI=1S/C16H31N3/c1-2-9-18(8-1)11-4-12-19-10-3-5-15(14-19)13-17-16-6-7-16/h15-17H,1-14H2. The van der Waals surface area contributed by atoms with Crippen molar-refractivity contribution in [1.29, 1.82) is 0 Å². The molecule has 2 saturated heterocycles. The highest BCUT2D eigenvalue weighted by atomic mass is 15.2. The van der Waals surface area contributed by atoms with Gasteiger partial charge in [-0.2, -0.15) is 0 Å². The normalized spacial score (nSPS) is 30.0. The summed E-state index contributed by atoms with van der Waals surface area (Å²) in [6, 6.07) is 0.880. The molecule has 2 heterocycles. The zero-order valence-corrected chi connectivity index (χ0v) is 12.4. The highest BCUT2D eigenvalue weighted by molar-refractivity contribution is 4.83. The van der Waals surface area contributed by atoms with Gasteiger partial charge in [0.15, 0.2) is 0 Å². The summed E-state index contributed by atoms with van der Waals surface area (Å²) in [4.78, 5) is 5.37. The van der Waals surface area contributed by atoms with Gasteiger partial charge in [0.25, 0.3) is 0 Å². The molecule has 1 N–H and O–H groups in total. The fourth-order valence-corrected chi connectivity index (χ4v) is 3.67. The average molecular weight is 265 g/mol. The van der Waals surface area contributed by atoms with E-state index in [1.807, 2.05) is 0 Å². The van der Waals surface area contributed by atoms with Crippen LogP contribution >= 0.6 is 0 Å². The van der Waals surface area contributed by atoms with E-state index < -0.39 is 0 Å². The summed E-state index contributed by atoms with van der Waals surface area (Å²) < 4.78 is 0. The van der Waals surface area contributed by atoms with Gasteiger partial charge in [0.05, 0.1) is 0 Å². The number of hydrogen-bond acceptors (Lipinski definition) is 3. The summed E-state index contributed by atoms with van der Waals surface area (Å²) in [6.45, 7) is 9.34. The summed E-state index contributed by atoms with van der Waals surface area (Å²) in [5, 5.41) is 3.71. The van der Waals surface area contributed by atoms with Crippen LogP contribution in [-0.2, 0) is 0 Å². The molecule has 0 bridgehead atoms. The second-order valence-electron chi connectivity index (χ2n) is 6.89. The van der Waals surface area contributed by atoms with Crippen LogP contribution in [0.2, 0.25) is 0 Å². The summed E-state index contributed by atoms with van der Waals surface area (Å²) in [7, 11) is 0. The smallest absolute Gasteiger partial charge is 0.00683 e. The molecule has 1 atom stereocenters. The van der Waals surface area contributed by atoms with Crippen LogP contribution in [0.5, 0.6) is 0 Å². The number of piperidine rings is 1. The van der Waals surface area contributed by atoms with Crippen molar-refractivity contribution in [2.75, 3.05) is 45.8 Å². The number of rotatable bonds is 7. The van der Waals surface area contributed by atoms with Crippen LogP contribution < -0.4 is 5.32 Å². The molecule has 3 fully saturated rings. The van der Waals surface area contributed by atoms with E-state index in [2.05, 4.69) is 15.1 Å². The minimum atomic E-state index is 0.880. The van der Waals surface area contributed by atoms with Crippen molar-refractivity contribution < 1.29 is 0 Å². The van der Waals surface area contributed by atoms with Crippen LogP contribution in [0.1, 0.15) is 44.9 Å². The fourth-order valence-electron chi connectivity index (χ4n) is 3.67. The number of likely N-dealkylation sites (tertiary alicyclic amines) is 2. The quantitative estimate of drug-likeness (QED) is 0.759. The highest BCUT2D eigenvalue weighted by Crippen LogP contribution is 2.21. The van der Waals surface area contributed by atoms with Crippen molar-refractivity contribution in [2.45, 2.75) is 51.0 Å². The number of nitrogens with zero attached hydrogens (tertiary/aromatic N) is 2. The van der Waals surface area contributed by atoms with Crippen LogP contribution in [0, 0.1) is 5.92 Å². The highest BCUT2D eigenvalue weighted by Gasteiger charge is 2.24. The largest absolute Gasteiger partial charge is 0.314 e. The topological polar surface area (TPSA) is 18.5 Å². The SMILES string of the molecule is C1CCN(CCCN2CCCC(CNC3CC3)C2)C1. The summed E-state index contributed by atoms with van der Waals surface area (Å²) >= 11 is 0. The van der Waals surface area contributed by atoms with Gasteiger partial charge in [-0.1, -0.05) is 0 Å². The molecule has 3 rings (SSSR count). The zero-order chi connectivity index (χ0) is 12.9. The lowest BCUT2D eigenvalue weighted by atomic mass is 9.98. The first kappa shape index (κ1) is 13.8. The van der Waals surface area contributed by atoms with Crippen molar-refractivity contribution >= 4 is 0 Å². The molecule has 0 aromatic rings. The first-order valence-electron chi connectivity index (χ1n) is 8.58. The minimum Gasteiger partial charge on any atom is -0.314 e. The minimum absolute atomic E-state index is 0.880. The molecule has 1 unspecified atom stereocenters. The Morgan fingerprint density at radius 2 is 1.58 bits per heavy atom. The maximum Gasteiger partial charge on any atom is 0.00683 e. The molecule has 0 aromatic heterocycles. The molecule has 3 nitrogen and oxygen atoms in total. The molecule has 2 aliphatic heterocycles. The molecule has 19 heavy (non-hydrogen) atoms. The molecule has 1 aliphatic carbocycles. The molecule has 110 valence electrons. The maximum atomic E-state index is 3.71. The Morgan fingerprint density at radius 3 is 2.37 bits per heavy atom. The predicted octanol–water partition coefficient (Wildman–Crippen LogP) is 1.94. The third kappa shape index (κ3) is 4.73. The predicted molar refractivity (Wildman–Crippen MR) is 80.5 cm³/mol. The van der Waals surface area contributed by atoms with E-state index in [1.165, 1.54) is 90.8 Å². The Bertz CT molecular complexity index is 259. The van der Waals surface area contributed by atoms with E-state index in [0.29, 0.717) is 0 Å². The van der Waals surface area contributed by atoms with Gasteiger partial charge in [-0.3, -0.25) is 0 Å². The molecule has 0 aromatic carbocycles. The second kappa shape index (κ2) is 7.05. The van der Waals surface area contributed by atoms with E-state index in [0.717, 1.165) is 12.0 Å². The summed E-state index contributed by atoms with van der Waals surface area (Å²) in [5.74, 6) is 0.918. The lowest BCUT2D eigenvalue weighted by Crippen LogP contribution is -2.41. The van der Waals surface area contributed by atoms with Crippen LogP contribution in [0.25, 0.3) is 0 Å². The third-order valence-corrected chi connectivity index (χ3v) is 5.02. The van der Waals surface area contributed by atoms with Crippen molar-refractivity contribution in [3.8, 4) is 0 Å². The van der Waals surface area contributed by atoms with Gasteiger partial charge in [-0.05, 0) is 90.1 Å². The first-order valence-corrected chi connectivity index (χ1v) is 8.58. The monoisotopic (exact) mass is 265 g/mol. The van der Waals surface area contributed by atoms with Crippen LogP contribution in [-0.4, -0.2) is 61.7 Å². The molecular formula is C16H31N3. The van der Waals surface area contributed by atoms with Crippen molar-refractivity contribution in [3.05, 3.63) is 0 Å². The van der Waals surface area contributed by atoms with E-state index in [9.17, 15) is 0 Å². The summed E-state index contributed by atoms with van der Waals surface area (Å²) in [5.41, 5.74) is 0. The summed E-state index contributed by atoms with van der Waals surface area (Å²) in [6.07, 6.45) is 9.95. The Hall–Kier alpha value is -0.120. The third-order valence-electron chi connectivity index (χ3n) is 5.02. The molecule has 0 radical (unpaired) electrons. The van der Waals surface area contributed by atoms with E-state index in [1.54, 1.807) is 0 Å². The first-order chi connectivity index (χ1) is 9.40. The van der Waals surface area contributed by atoms with E-state index >= 15 is 0 Å². The molecule has 3 aliphatic rings. The van der Waals surface area contributed by atoms with Gasteiger partial charge < -0.3 is 15.1 Å². The maximum absolute atomic E-state index is 3.71.